The van der Waals surface area contributed by atoms with Crippen molar-refractivity contribution in [1.82, 2.24) is 39.3 Å². The maximum absolute atomic E-state index is 13.0. The molecule has 4 aromatic rings. The van der Waals surface area contributed by atoms with Crippen LogP contribution in [-0.4, -0.2) is 53.0 Å². The fraction of sp³-hybridized carbons (Fsp3) is 0.360. The maximum Gasteiger partial charge on any atom is 0.270 e. The minimum atomic E-state index is -0.171. The molecule has 10 heteroatoms. The Balaban J connectivity index is 1.26. The van der Waals surface area contributed by atoms with Crippen LogP contribution in [0.5, 0.6) is 0 Å². The highest BCUT2D eigenvalue weighted by Crippen LogP contribution is 2.20. The number of fused-ring (bicyclic) bond motifs is 2. The molecular weight excluding hydrogens is 442 g/mol. The Kier molecular flexibility index (Phi) is 6.25. The van der Waals surface area contributed by atoms with E-state index in [1.165, 1.54) is 0 Å². The molecule has 1 aliphatic rings. The Bertz CT molecular complexity index is 1410. The van der Waals surface area contributed by atoms with E-state index in [1.54, 1.807) is 10.6 Å². The van der Waals surface area contributed by atoms with Gasteiger partial charge in [0.05, 0.1) is 24.9 Å². The summed E-state index contributed by atoms with van der Waals surface area (Å²) in [5.41, 5.74) is 4.15. The number of nitriles is 1. The van der Waals surface area contributed by atoms with Gasteiger partial charge in [0.25, 0.3) is 5.91 Å². The summed E-state index contributed by atoms with van der Waals surface area (Å²) in [5, 5.41) is 16.5. The molecule has 0 unspecified atom stereocenters. The Morgan fingerprint density at radius 2 is 2.03 bits per heavy atom. The molecule has 178 valence electrons. The summed E-state index contributed by atoms with van der Waals surface area (Å²) in [6.07, 6.45) is 4.81. The molecule has 35 heavy (non-hydrogen) atoms. The number of nitrogens with one attached hydrogen (secondary N) is 1. The number of carbonyl (C=O) groups excluding carboxylic acids is 1. The molecule has 0 fully saturated rings. The van der Waals surface area contributed by atoms with Gasteiger partial charge in [-0.3, -0.25) is 14.1 Å². The number of benzene rings is 1. The largest absolute Gasteiger partial charge is 0.347 e. The smallest absolute Gasteiger partial charge is 0.270 e. The highest BCUT2D eigenvalue weighted by atomic mass is 16.1. The van der Waals surface area contributed by atoms with Gasteiger partial charge in [-0.2, -0.15) is 10.4 Å². The standard InChI is InChI=1S/C25H27N9O/c1-3-20-22(33-15-17(2)13-28-25(33)29-20)24(35)27-14-18-5-7-19(8-6-18)23-30-21-16-32(10-4-9-26)11-12-34(21)31-23/h5-8,13,15H,3-4,10-12,14,16H2,1-2H3,(H,27,35). The molecular formula is C25H27N9O. The Hall–Kier alpha value is -4.10. The van der Waals surface area contributed by atoms with Crippen molar-refractivity contribution < 1.29 is 4.79 Å². The number of amides is 1. The van der Waals surface area contributed by atoms with Crippen LogP contribution in [0.1, 0.15) is 46.5 Å². The molecule has 4 heterocycles. The third-order valence-corrected chi connectivity index (χ3v) is 6.18. The van der Waals surface area contributed by atoms with Crippen LogP contribution >= 0.6 is 0 Å². The van der Waals surface area contributed by atoms with Crippen molar-refractivity contribution in [1.29, 1.82) is 5.26 Å². The molecule has 5 rings (SSSR count). The van der Waals surface area contributed by atoms with Crippen molar-refractivity contribution in [2.24, 2.45) is 0 Å². The van der Waals surface area contributed by atoms with Crippen LogP contribution in [-0.2, 0) is 26.1 Å². The Morgan fingerprint density at radius 3 is 2.80 bits per heavy atom. The first kappa shape index (κ1) is 22.7. The predicted octanol–water partition coefficient (Wildman–Crippen LogP) is 2.52. The zero-order chi connectivity index (χ0) is 24.4. The second-order valence-corrected chi connectivity index (χ2v) is 8.70. The number of hydrogen-bond acceptors (Lipinski definition) is 7. The summed E-state index contributed by atoms with van der Waals surface area (Å²) < 4.78 is 3.71. The number of nitrogens with zero attached hydrogens (tertiary/aromatic N) is 8. The van der Waals surface area contributed by atoms with E-state index >= 15 is 0 Å². The van der Waals surface area contributed by atoms with Gasteiger partial charge >= 0.3 is 0 Å². The molecule has 0 atom stereocenters. The van der Waals surface area contributed by atoms with Crippen molar-refractivity contribution in [3.63, 3.8) is 0 Å². The summed E-state index contributed by atoms with van der Waals surface area (Å²) in [5.74, 6) is 1.98. The lowest BCUT2D eigenvalue weighted by molar-refractivity contribution is 0.0944. The number of imidazole rings is 1. The molecule has 0 bridgehead atoms. The number of aromatic nitrogens is 6. The van der Waals surface area contributed by atoms with Crippen molar-refractivity contribution in [3.8, 4) is 17.5 Å². The average Bonchev–Trinajstić information content (AvgIpc) is 3.47. The molecule has 0 aliphatic carbocycles. The van der Waals surface area contributed by atoms with Crippen molar-refractivity contribution in [2.75, 3.05) is 13.1 Å². The van der Waals surface area contributed by atoms with Gasteiger partial charge in [-0.25, -0.2) is 19.6 Å². The number of aryl methyl sites for hydroxylation is 2. The van der Waals surface area contributed by atoms with E-state index in [-0.39, 0.29) is 5.91 Å². The molecule has 1 aromatic carbocycles. The first-order chi connectivity index (χ1) is 17.1. The molecule has 0 saturated heterocycles. The molecule has 1 N–H and O–H groups in total. The summed E-state index contributed by atoms with van der Waals surface area (Å²) >= 11 is 0. The highest BCUT2D eigenvalue weighted by Gasteiger charge is 2.21. The predicted molar refractivity (Wildman–Crippen MR) is 129 cm³/mol. The first-order valence-electron chi connectivity index (χ1n) is 11.8. The Labute approximate surface area is 203 Å². The van der Waals surface area contributed by atoms with Crippen LogP contribution < -0.4 is 5.32 Å². The second kappa shape index (κ2) is 9.64. The van der Waals surface area contributed by atoms with E-state index in [0.717, 1.165) is 47.8 Å². The molecule has 0 spiro atoms. The van der Waals surface area contributed by atoms with Gasteiger partial charge in [0.2, 0.25) is 5.78 Å². The zero-order valence-corrected chi connectivity index (χ0v) is 19.9. The van der Waals surface area contributed by atoms with E-state index in [9.17, 15) is 4.79 Å². The van der Waals surface area contributed by atoms with Gasteiger partial charge in [-0.1, -0.05) is 31.2 Å². The number of carbonyl (C=O) groups is 1. The Morgan fingerprint density at radius 1 is 1.20 bits per heavy atom. The van der Waals surface area contributed by atoms with Gasteiger partial charge in [0, 0.05) is 44.0 Å². The third kappa shape index (κ3) is 4.63. The maximum atomic E-state index is 13.0. The summed E-state index contributed by atoms with van der Waals surface area (Å²) in [6.45, 7) is 7.43. The molecule has 0 radical (unpaired) electrons. The zero-order valence-electron chi connectivity index (χ0n) is 19.9. The lowest BCUT2D eigenvalue weighted by Crippen LogP contribution is -2.34. The number of rotatable bonds is 7. The summed E-state index contributed by atoms with van der Waals surface area (Å²) in [4.78, 5) is 28.8. The van der Waals surface area contributed by atoms with Gasteiger partial charge < -0.3 is 5.32 Å². The topological polar surface area (TPSA) is 117 Å². The normalized spacial score (nSPS) is 13.5. The fourth-order valence-corrected chi connectivity index (χ4v) is 4.31. The van der Waals surface area contributed by atoms with Crippen molar-refractivity contribution in [3.05, 3.63) is 65.0 Å². The number of hydrogen-bond donors (Lipinski definition) is 1. The van der Waals surface area contributed by atoms with Crippen molar-refractivity contribution >= 4 is 11.7 Å². The van der Waals surface area contributed by atoms with Crippen LogP contribution in [0.15, 0.2) is 36.7 Å². The van der Waals surface area contributed by atoms with Gasteiger partial charge in [-0.05, 0) is 24.5 Å². The van der Waals surface area contributed by atoms with Crippen LogP contribution in [0, 0.1) is 18.3 Å². The van der Waals surface area contributed by atoms with E-state index in [1.807, 2.05) is 49.0 Å². The average molecular weight is 470 g/mol. The van der Waals surface area contributed by atoms with Gasteiger partial charge in [-0.15, -0.1) is 0 Å². The van der Waals surface area contributed by atoms with Crippen LogP contribution in [0.25, 0.3) is 17.2 Å². The minimum Gasteiger partial charge on any atom is -0.347 e. The van der Waals surface area contributed by atoms with Gasteiger partial charge in [0.15, 0.2) is 5.82 Å². The van der Waals surface area contributed by atoms with Crippen LogP contribution in [0.3, 0.4) is 0 Å². The minimum absolute atomic E-state index is 0.171. The van der Waals surface area contributed by atoms with Crippen LogP contribution in [0.4, 0.5) is 0 Å². The quantitative estimate of drug-likeness (QED) is 0.442. The van der Waals surface area contributed by atoms with E-state index in [4.69, 9.17) is 10.2 Å². The molecule has 1 aliphatic heterocycles. The molecule has 1 amide bonds. The second-order valence-electron chi connectivity index (χ2n) is 8.70. The van der Waals surface area contributed by atoms with Crippen LogP contribution in [0.2, 0.25) is 0 Å². The van der Waals surface area contributed by atoms with E-state index in [2.05, 4.69) is 31.4 Å². The van der Waals surface area contributed by atoms with Gasteiger partial charge in [0.1, 0.15) is 11.5 Å². The summed E-state index contributed by atoms with van der Waals surface area (Å²) in [7, 11) is 0. The van der Waals surface area contributed by atoms with E-state index in [0.29, 0.717) is 43.2 Å². The monoisotopic (exact) mass is 469 g/mol. The highest BCUT2D eigenvalue weighted by molar-refractivity contribution is 5.94. The lowest BCUT2D eigenvalue weighted by Gasteiger charge is -2.25. The first-order valence-corrected chi connectivity index (χ1v) is 11.8. The lowest BCUT2D eigenvalue weighted by atomic mass is 10.1. The van der Waals surface area contributed by atoms with E-state index < -0.39 is 0 Å². The molecule has 3 aromatic heterocycles. The molecule has 0 saturated carbocycles. The third-order valence-electron chi connectivity index (χ3n) is 6.18. The SMILES string of the molecule is CCc1nc2ncc(C)cn2c1C(=O)NCc1ccc(-c2nc3n(n2)CCN(CCC#N)C3)cc1. The van der Waals surface area contributed by atoms with Crippen molar-refractivity contribution in [2.45, 2.75) is 46.3 Å². The summed E-state index contributed by atoms with van der Waals surface area (Å²) in [6, 6.07) is 10.1. The fourth-order valence-electron chi connectivity index (χ4n) is 4.31. The molecule has 10 nitrogen and oxygen atoms in total.